The summed E-state index contributed by atoms with van der Waals surface area (Å²) in [6, 6.07) is 0.390. The second kappa shape index (κ2) is 7.60. The van der Waals surface area contributed by atoms with E-state index in [1.54, 1.807) is 0 Å². The highest BCUT2D eigenvalue weighted by atomic mass is 127. The number of carbonyl (C=O) groups is 1. The number of quaternary nitrogens is 1. The summed E-state index contributed by atoms with van der Waals surface area (Å²) in [7, 11) is 4.37. The number of aromatic nitrogens is 2. The van der Waals surface area contributed by atoms with Gasteiger partial charge in [0.1, 0.15) is 6.04 Å². The molecule has 0 unspecified atom stereocenters. The SMILES string of the molecule is C[N+]1(C)CCCC[C@H]1CNC(=O)c1nc(Cl)c(N)nc1N.[I-]. The van der Waals surface area contributed by atoms with E-state index in [1.165, 1.54) is 12.8 Å². The number of anilines is 2. The van der Waals surface area contributed by atoms with Gasteiger partial charge in [0, 0.05) is 6.42 Å². The lowest BCUT2D eigenvalue weighted by molar-refractivity contribution is -0.918. The van der Waals surface area contributed by atoms with E-state index in [2.05, 4.69) is 29.4 Å². The van der Waals surface area contributed by atoms with Gasteiger partial charge in [-0.05, 0) is 12.8 Å². The third-order valence-electron chi connectivity index (χ3n) is 4.13. The normalized spacial score (nSPS) is 20.0. The van der Waals surface area contributed by atoms with Crippen LogP contribution in [0.15, 0.2) is 0 Å². The minimum Gasteiger partial charge on any atom is -1.00 e. The van der Waals surface area contributed by atoms with Crippen LogP contribution in [0.25, 0.3) is 0 Å². The number of hydrogen-bond donors (Lipinski definition) is 3. The molecule has 5 N–H and O–H groups in total. The van der Waals surface area contributed by atoms with Crippen LogP contribution in [0.4, 0.5) is 11.6 Å². The van der Waals surface area contributed by atoms with Gasteiger partial charge >= 0.3 is 0 Å². The summed E-state index contributed by atoms with van der Waals surface area (Å²) in [6.45, 7) is 1.70. The molecule has 1 aromatic rings. The lowest BCUT2D eigenvalue weighted by atomic mass is 10.0. The Bertz CT molecular complexity index is 554. The Morgan fingerprint density at radius 2 is 2.00 bits per heavy atom. The van der Waals surface area contributed by atoms with Gasteiger partial charge in [0.15, 0.2) is 22.5 Å². The van der Waals surface area contributed by atoms with Crippen molar-refractivity contribution in [1.82, 2.24) is 15.3 Å². The van der Waals surface area contributed by atoms with Gasteiger partial charge in [-0.2, -0.15) is 0 Å². The van der Waals surface area contributed by atoms with Crippen LogP contribution in [0.2, 0.25) is 5.15 Å². The van der Waals surface area contributed by atoms with Crippen molar-refractivity contribution in [3.63, 3.8) is 0 Å². The van der Waals surface area contributed by atoms with Crippen molar-refractivity contribution in [3.8, 4) is 0 Å². The molecule has 2 rings (SSSR count). The molecule has 1 aromatic heterocycles. The topological polar surface area (TPSA) is 107 Å². The number of nitrogen functional groups attached to an aromatic ring is 2. The third-order valence-corrected chi connectivity index (χ3v) is 4.41. The number of likely N-dealkylation sites (tertiary alicyclic amines) is 1. The molecule has 0 radical (unpaired) electrons. The molecule has 2 heterocycles. The van der Waals surface area contributed by atoms with Crippen molar-refractivity contribution < 1.29 is 33.3 Å². The zero-order valence-corrected chi connectivity index (χ0v) is 15.7. The first-order valence-electron chi connectivity index (χ1n) is 7.00. The number of rotatable bonds is 3. The van der Waals surface area contributed by atoms with Crippen molar-refractivity contribution in [3.05, 3.63) is 10.8 Å². The average molecular weight is 441 g/mol. The number of nitrogens with one attached hydrogen (secondary N) is 1. The number of likely N-dealkylation sites (N-methyl/N-ethyl adjacent to an activating group) is 1. The number of halogens is 2. The Labute approximate surface area is 152 Å². The summed E-state index contributed by atoms with van der Waals surface area (Å²) in [5.74, 6) is -0.352. The molecule has 1 saturated heterocycles. The summed E-state index contributed by atoms with van der Waals surface area (Å²) in [5.41, 5.74) is 11.2. The number of amides is 1. The number of piperidine rings is 1. The van der Waals surface area contributed by atoms with Crippen LogP contribution < -0.4 is 40.8 Å². The zero-order chi connectivity index (χ0) is 15.6. The van der Waals surface area contributed by atoms with Crippen molar-refractivity contribution >= 4 is 29.1 Å². The van der Waals surface area contributed by atoms with E-state index < -0.39 is 0 Å². The minimum absolute atomic E-state index is 0. The molecule has 0 aromatic carbocycles. The summed E-state index contributed by atoms with van der Waals surface area (Å²) in [4.78, 5) is 19.9. The fourth-order valence-electron chi connectivity index (χ4n) is 2.68. The van der Waals surface area contributed by atoms with Gasteiger partial charge < -0.3 is 45.2 Å². The summed E-state index contributed by atoms with van der Waals surface area (Å²) >= 11 is 5.79. The molecule has 1 atom stereocenters. The molecule has 124 valence electrons. The van der Waals surface area contributed by atoms with Crippen molar-refractivity contribution in [1.29, 1.82) is 0 Å². The van der Waals surface area contributed by atoms with E-state index in [0.717, 1.165) is 17.4 Å². The number of hydrogen-bond acceptors (Lipinski definition) is 5. The van der Waals surface area contributed by atoms with Crippen LogP contribution in [-0.2, 0) is 0 Å². The van der Waals surface area contributed by atoms with Crippen LogP contribution in [-0.4, -0.2) is 53.6 Å². The molecule has 0 bridgehead atoms. The first-order valence-corrected chi connectivity index (χ1v) is 7.38. The smallest absolute Gasteiger partial charge is 0.274 e. The first-order chi connectivity index (χ1) is 9.81. The Hall–Kier alpha value is -0.870. The molecular weight excluding hydrogens is 419 g/mol. The van der Waals surface area contributed by atoms with E-state index in [-0.39, 0.29) is 52.4 Å². The van der Waals surface area contributed by atoms with Crippen molar-refractivity contribution in [2.75, 3.05) is 38.7 Å². The predicted molar refractivity (Wildman–Crippen MR) is 82.8 cm³/mol. The molecule has 1 amide bonds. The van der Waals surface area contributed by atoms with Crippen LogP contribution >= 0.6 is 11.6 Å². The molecule has 0 aliphatic carbocycles. The van der Waals surface area contributed by atoms with Crippen LogP contribution in [0.5, 0.6) is 0 Å². The summed E-state index contributed by atoms with van der Waals surface area (Å²) in [6.07, 6.45) is 3.51. The number of carbonyl (C=O) groups excluding carboxylic acids is 1. The fourth-order valence-corrected chi connectivity index (χ4v) is 2.81. The molecule has 1 aliphatic heterocycles. The van der Waals surface area contributed by atoms with Gasteiger partial charge in [0.2, 0.25) is 0 Å². The van der Waals surface area contributed by atoms with E-state index in [0.29, 0.717) is 12.6 Å². The van der Waals surface area contributed by atoms with E-state index in [1.807, 2.05) is 0 Å². The Morgan fingerprint density at radius 3 is 2.64 bits per heavy atom. The Morgan fingerprint density at radius 1 is 1.32 bits per heavy atom. The number of nitrogens with zero attached hydrogens (tertiary/aromatic N) is 3. The molecule has 22 heavy (non-hydrogen) atoms. The Kier molecular flexibility index (Phi) is 6.63. The van der Waals surface area contributed by atoms with Gasteiger partial charge in [-0.15, -0.1) is 0 Å². The second-order valence-corrected chi connectivity index (χ2v) is 6.35. The minimum atomic E-state index is -0.368. The zero-order valence-electron chi connectivity index (χ0n) is 12.8. The summed E-state index contributed by atoms with van der Waals surface area (Å²) < 4.78 is 0.907. The van der Waals surface area contributed by atoms with Gasteiger partial charge in [0.25, 0.3) is 5.91 Å². The third kappa shape index (κ3) is 4.32. The van der Waals surface area contributed by atoms with Crippen LogP contribution in [0.3, 0.4) is 0 Å². The maximum Gasteiger partial charge on any atom is 0.274 e. The quantitative estimate of drug-likeness (QED) is 0.361. The molecule has 7 nitrogen and oxygen atoms in total. The maximum absolute atomic E-state index is 12.2. The highest BCUT2D eigenvalue weighted by Gasteiger charge is 2.31. The van der Waals surface area contributed by atoms with Crippen molar-refractivity contribution in [2.45, 2.75) is 25.3 Å². The highest BCUT2D eigenvalue weighted by Crippen LogP contribution is 2.21. The predicted octanol–water partition coefficient (Wildman–Crippen LogP) is -2.34. The van der Waals surface area contributed by atoms with E-state index in [4.69, 9.17) is 23.1 Å². The monoisotopic (exact) mass is 440 g/mol. The van der Waals surface area contributed by atoms with Crippen LogP contribution in [0, 0.1) is 0 Å². The first kappa shape index (κ1) is 19.2. The molecule has 1 fully saturated rings. The average Bonchev–Trinajstić information content (AvgIpc) is 2.41. The molecule has 0 spiro atoms. The Balaban J connectivity index is 0.00000242. The second-order valence-electron chi connectivity index (χ2n) is 6.00. The van der Waals surface area contributed by atoms with Gasteiger partial charge in [-0.25, -0.2) is 9.97 Å². The molecule has 1 aliphatic rings. The van der Waals surface area contributed by atoms with Gasteiger partial charge in [-0.1, -0.05) is 11.6 Å². The number of nitrogens with two attached hydrogens (primary N) is 2. The fraction of sp³-hybridized carbons (Fsp3) is 0.615. The van der Waals surface area contributed by atoms with Crippen molar-refractivity contribution in [2.24, 2.45) is 0 Å². The molecular formula is C13H22ClIN6O. The molecule has 0 saturated carbocycles. The summed E-state index contributed by atoms with van der Waals surface area (Å²) in [5, 5.41) is 2.86. The van der Waals surface area contributed by atoms with E-state index >= 15 is 0 Å². The maximum atomic E-state index is 12.2. The highest BCUT2D eigenvalue weighted by molar-refractivity contribution is 6.31. The van der Waals surface area contributed by atoms with E-state index in [9.17, 15) is 4.79 Å². The van der Waals surface area contributed by atoms with Gasteiger partial charge in [-0.3, -0.25) is 4.79 Å². The largest absolute Gasteiger partial charge is 1.00 e. The lowest BCUT2D eigenvalue weighted by Gasteiger charge is -2.41. The standard InChI is InChI=1S/C13H21ClN6O.HI/c1-20(2)6-4-3-5-8(20)7-17-13(21)9-11(15)19-12(16)10(14)18-9;/h8H,3-7H2,1-2H3,(H4-,15,16,17,19,21);1H/t8-;/m0./s1. The van der Waals surface area contributed by atoms with Crippen LogP contribution in [0.1, 0.15) is 29.8 Å². The molecule has 9 heteroatoms. The lowest BCUT2D eigenvalue weighted by Crippen LogP contribution is -3.00. The van der Waals surface area contributed by atoms with Gasteiger partial charge in [0.05, 0.1) is 27.2 Å².